The van der Waals surface area contributed by atoms with E-state index in [2.05, 4.69) is 13.8 Å². The summed E-state index contributed by atoms with van der Waals surface area (Å²) in [6.07, 6.45) is 2.78. The molecule has 0 bridgehead atoms. The van der Waals surface area contributed by atoms with Crippen LogP contribution in [0.4, 0.5) is 0 Å². The van der Waals surface area contributed by atoms with Gasteiger partial charge in [-0.2, -0.15) is 0 Å². The Balaban J connectivity index is 2.52. The Labute approximate surface area is 104 Å². The third kappa shape index (κ3) is 4.64. The summed E-state index contributed by atoms with van der Waals surface area (Å²) in [6, 6.07) is 0.215. The number of carbonyl (C=O) groups excluding carboxylic acids is 1. The number of nitrogens with zero attached hydrogens (tertiary/aromatic N) is 1. The van der Waals surface area contributed by atoms with Gasteiger partial charge in [0, 0.05) is 32.2 Å². The van der Waals surface area contributed by atoms with E-state index in [9.17, 15) is 4.79 Å². The van der Waals surface area contributed by atoms with Crippen molar-refractivity contribution in [2.75, 3.05) is 26.8 Å². The molecule has 0 aromatic carbocycles. The van der Waals surface area contributed by atoms with E-state index in [0.29, 0.717) is 19.1 Å². The topological polar surface area (TPSA) is 55.6 Å². The highest BCUT2D eigenvalue weighted by Crippen LogP contribution is 2.26. The van der Waals surface area contributed by atoms with Crippen LogP contribution in [0.3, 0.4) is 0 Å². The first kappa shape index (κ1) is 14.5. The molecule has 100 valence electrons. The van der Waals surface area contributed by atoms with Crippen molar-refractivity contribution < 1.29 is 9.53 Å². The van der Waals surface area contributed by atoms with Gasteiger partial charge in [-0.25, -0.2) is 0 Å². The molecule has 4 nitrogen and oxygen atoms in total. The van der Waals surface area contributed by atoms with E-state index in [-0.39, 0.29) is 17.9 Å². The molecule has 1 rings (SSSR count). The van der Waals surface area contributed by atoms with Gasteiger partial charge in [-0.1, -0.05) is 13.8 Å². The zero-order chi connectivity index (χ0) is 12.8. The summed E-state index contributed by atoms with van der Waals surface area (Å²) in [5.41, 5.74) is 5.87. The lowest BCUT2D eigenvalue weighted by Crippen LogP contribution is -2.40. The Morgan fingerprint density at radius 1 is 1.47 bits per heavy atom. The second-order valence-corrected chi connectivity index (χ2v) is 5.44. The van der Waals surface area contributed by atoms with Crippen LogP contribution in [0.2, 0.25) is 0 Å². The molecule has 2 unspecified atom stereocenters. The maximum absolute atomic E-state index is 12.3. The highest BCUT2D eigenvalue weighted by Gasteiger charge is 2.30. The van der Waals surface area contributed by atoms with Crippen molar-refractivity contribution in [2.24, 2.45) is 17.6 Å². The van der Waals surface area contributed by atoms with Crippen molar-refractivity contribution in [3.8, 4) is 0 Å². The maximum Gasteiger partial charge on any atom is 0.225 e. The Hall–Kier alpha value is -0.610. The molecule has 0 spiro atoms. The van der Waals surface area contributed by atoms with Gasteiger partial charge in [-0.05, 0) is 25.2 Å². The van der Waals surface area contributed by atoms with Gasteiger partial charge in [-0.3, -0.25) is 4.79 Å². The quantitative estimate of drug-likeness (QED) is 0.762. The van der Waals surface area contributed by atoms with E-state index in [0.717, 1.165) is 25.8 Å². The third-order valence-electron chi connectivity index (χ3n) is 3.28. The number of methoxy groups -OCH3 is 1. The smallest absolute Gasteiger partial charge is 0.225 e. The summed E-state index contributed by atoms with van der Waals surface area (Å²) in [7, 11) is 1.67. The van der Waals surface area contributed by atoms with Crippen molar-refractivity contribution in [1.82, 2.24) is 4.90 Å². The van der Waals surface area contributed by atoms with E-state index >= 15 is 0 Å². The van der Waals surface area contributed by atoms with E-state index in [1.807, 2.05) is 4.90 Å². The molecule has 1 fully saturated rings. The minimum absolute atomic E-state index is 0.139. The molecule has 2 atom stereocenters. The lowest BCUT2D eigenvalue weighted by Gasteiger charge is -2.27. The predicted octanol–water partition coefficient (Wildman–Crippen LogP) is 1.24. The average molecular weight is 242 g/mol. The fourth-order valence-electron chi connectivity index (χ4n) is 2.43. The summed E-state index contributed by atoms with van der Waals surface area (Å²) in [4.78, 5) is 14.3. The normalized spacial score (nSPS) is 24.3. The van der Waals surface area contributed by atoms with Crippen LogP contribution in [0.15, 0.2) is 0 Å². The first-order valence-corrected chi connectivity index (χ1v) is 6.58. The Kier molecular flexibility index (Phi) is 5.92. The SMILES string of the molecule is COCCN(CC(C)C)C(=O)C1CCC(N)C1. The lowest BCUT2D eigenvalue weighted by atomic mass is 10.1. The van der Waals surface area contributed by atoms with Crippen LogP contribution in [-0.2, 0) is 9.53 Å². The Morgan fingerprint density at radius 2 is 2.18 bits per heavy atom. The number of ether oxygens (including phenoxy) is 1. The molecule has 17 heavy (non-hydrogen) atoms. The molecule has 1 saturated carbocycles. The first-order chi connectivity index (χ1) is 8.04. The van der Waals surface area contributed by atoms with E-state index in [1.54, 1.807) is 7.11 Å². The first-order valence-electron chi connectivity index (χ1n) is 6.58. The molecule has 1 aliphatic rings. The molecule has 0 aromatic heterocycles. The average Bonchev–Trinajstić information content (AvgIpc) is 2.69. The molecule has 4 heteroatoms. The predicted molar refractivity (Wildman–Crippen MR) is 68.6 cm³/mol. The van der Waals surface area contributed by atoms with Crippen LogP contribution < -0.4 is 5.73 Å². The molecule has 0 saturated heterocycles. The van der Waals surface area contributed by atoms with E-state index in [4.69, 9.17) is 10.5 Å². The van der Waals surface area contributed by atoms with E-state index in [1.165, 1.54) is 0 Å². The van der Waals surface area contributed by atoms with Gasteiger partial charge in [0.1, 0.15) is 0 Å². The van der Waals surface area contributed by atoms with Crippen molar-refractivity contribution in [3.05, 3.63) is 0 Å². The summed E-state index contributed by atoms with van der Waals surface area (Å²) in [5.74, 6) is 0.898. The molecule has 1 amide bonds. The molecule has 1 aliphatic carbocycles. The zero-order valence-electron chi connectivity index (χ0n) is 11.3. The molecule has 0 radical (unpaired) electrons. The minimum Gasteiger partial charge on any atom is -0.383 e. The number of nitrogens with two attached hydrogens (primary N) is 1. The highest BCUT2D eigenvalue weighted by atomic mass is 16.5. The lowest BCUT2D eigenvalue weighted by molar-refractivity contribution is -0.136. The summed E-state index contributed by atoms with van der Waals surface area (Å²) >= 11 is 0. The van der Waals surface area contributed by atoms with Gasteiger partial charge < -0.3 is 15.4 Å². The fourth-order valence-corrected chi connectivity index (χ4v) is 2.43. The van der Waals surface area contributed by atoms with Gasteiger partial charge in [0.15, 0.2) is 0 Å². The summed E-state index contributed by atoms with van der Waals surface area (Å²) in [6.45, 7) is 6.38. The Bertz CT molecular complexity index is 244. The van der Waals surface area contributed by atoms with Crippen LogP contribution in [0.25, 0.3) is 0 Å². The summed E-state index contributed by atoms with van der Waals surface area (Å²) < 4.78 is 5.07. The largest absolute Gasteiger partial charge is 0.383 e. The van der Waals surface area contributed by atoms with Crippen LogP contribution >= 0.6 is 0 Å². The number of hydrogen-bond donors (Lipinski definition) is 1. The molecule has 0 heterocycles. The molecule has 0 aromatic rings. The van der Waals surface area contributed by atoms with Gasteiger partial charge >= 0.3 is 0 Å². The van der Waals surface area contributed by atoms with Crippen LogP contribution in [-0.4, -0.2) is 43.7 Å². The number of rotatable bonds is 6. The maximum atomic E-state index is 12.3. The second-order valence-electron chi connectivity index (χ2n) is 5.44. The van der Waals surface area contributed by atoms with Gasteiger partial charge in [0.05, 0.1) is 6.61 Å². The van der Waals surface area contributed by atoms with Crippen molar-refractivity contribution in [1.29, 1.82) is 0 Å². The minimum atomic E-state index is 0.139. The number of amides is 1. The summed E-state index contributed by atoms with van der Waals surface area (Å²) in [5, 5.41) is 0. The molecule has 0 aliphatic heterocycles. The fraction of sp³-hybridized carbons (Fsp3) is 0.923. The highest BCUT2D eigenvalue weighted by molar-refractivity contribution is 5.79. The van der Waals surface area contributed by atoms with Crippen LogP contribution in [0.5, 0.6) is 0 Å². The molecule has 2 N–H and O–H groups in total. The van der Waals surface area contributed by atoms with E-state index < -0.39 is 0 Å². The number of hydrogen-bond acceptors (Lipinski definition) is 3. The molecular formula is C13H26N2O2. The van der Waals surface area contributed by atoms with Gasteiger partial charge in [-0.15, -0.1) is 0 Å². The number of carbonyl (C=O) groups is 1. The molecular weight excluding hydrogens is 216 g/mol. The van der Waals surface area contributed by atoms with Gasteiger partial charge in [0.25, 0.3) is 0 Å². The monoisotopic (exact) mass is 242 g/mol. The second kappa shape index (κ2) is 6.97. The Morgan fingerprint density at radius 3 is 2.65 bits per heavy atom. The van der Waals surface area contributed by atoms with Crippen molar-refractivity contribution in [2.45, 2.75) is 39.2 Å². The zero-order valence-corrected chi connectivity index (χ0v) is 11.3. The van der Waals surface area contributed by atoms with Crippen molar-refractivity contribution in [3.63, 3.8) is 0 Å². The standard InChI is InChI=1S/C13H26N2O2/c1-10(2)9-15(6-7-17-3)13(16)11-4-5-12(14)8-11/h10-12H,4-9,14H2,1-3H3. The van der Waals surface area contributed by atoms with Crippen LogP contribution in [0.1, 0.15) is 33.1 Å². The van der Waals surface area contributed by atoms with Crippen molar-refractivity contribution >= 4 is 5.91 Å². The van der Waals surface area contributed by atoms with Gasteiger partial charge in [0.2, 0.25) is 5.91 Å². The van der Waals surface area contributed by atoms with Crippen LogP contribution in [0, 0.1) is 11.8 Å². The third-order valence-corrected chi connectivity index (χ3v) is 3.28.